The third-order valence-corrected chi connectivity index (χ3v) is 3.29. The van der Waals surface area contributed by atoms with Crippen molar-refractivity contribution in [1.82, 2.24) is 4.98 Å². The van der Waals surface area contributed by atoms with Crippen LogP contribution in [0.1, 0.15) is 11.1 Å². The second-order valence-corrected chi connectivity index (χ2v) is 4.85. The molecule has 2 aromatic rings. The highest BCUT2D eigenvalue weighted by Crippen LogP contribution is 2.19. The molecule has 19 heavy (non-hydrogen) atoms. The van der Waals surface area contributed by atoms with E-state index in [0.717, 1.165) is 24.2 Å². The van der Waals surface area contributed by atoms with E-state index >= 15 is 0 Å². The van der Waals surface area contributed by atoms with Gasteiger partial charge in [-0.1, -0.05) is 24.4 Å². The first kappa shape index (κ1) is 13.5. The van der Waals surface area contributed by atoms with Gasteiger partial charge < -0.3 is 10.6 Å². The smallest absolute Gasteiger partial charge is 0.106 e. The zero-order valence-corrected chi connectivity index (χ0v) is 11.7. The number of hydrogen-bond donors (Lipinski definition) is 1. The Morgan fingerprint density at radius 1 is 1.21 bits per heavy atom. The van der Waals surface area contributed by atoms with E-state index in [1.807, 2.05) is 48.8 Å². The van der Waals surface area contributed by atoms with Crippen LogP contribution in [-0.2, 0) is 6.42 Å². The predicted octanol–water partition coefficient (Wildman–Crippen LogP) is 2.39. The van der Waals surface area contributed by atoms with Gasteiger partial charge >= 0.3 is 0 Å². The van der Waals surface area contributed by atoms with Gasteiger partial charge in [-0.05, 0) is 36.2 Å². The van der Waals surface area contributed by atoms with Crippen LogP contribution < -0.4 is 10.6 Å². The van der Waals surface area contributed by atoms with Crippen LogP contribution in [0.25, 0.3) is 0 Å². The number of aromatic nitrogens is 1. The Hall–Kier alpha value is -1.94. The molecule has 2 N–H and O–H groups in total. The summed E-state index contributed by atoms with van der Waals surface area (Å²) >= 11 is 5.09. The van der Waals surface area contributed by atoms with E-state index in [9.17, 15) is 0 Å². The third-order valence-electron chi connectivity index (χ3n) is 3.07. The molecule has 3 nitrogen and oxygen atoms in total. The summed E-state index contributed by atoms with van der Waals surface area (Å²) in [5, 5.41) is 0. The summed E-state index contributed by atoms with van der Waals surface area (Å²) in [5.41, 5.74) is 9.03. The maximum atomic E-state index is 5.76. The van der Waals surface area contributed by atoms with Crippen molar-refractivity contribution in [2.24, 2.45) is 5.73 Å². The number of benzene rings is 1. The van der Waals surface area contributed by atoms with Gasteiger partial charge in [-0.3, -0.25) is 4.98 Å². The van der Waals surface area contributed by atoms with Crippen LogP contribution in [0.2, 0.25) is 0 Å². The van der Waals surface area contributed by atoms with Crippen LogP contribution in [-0.4, -0.2) is 23.6 Å². The minimum Gasteiger partial charge on any atom is -0.389 e. The number of pyridine rings is 1. The zero-order chi connectivity index (χ0) is 13.7. The Balaban J connectivity index is 2.08. The summed E-state index contributed by atoms with van der Waals surface area (Å²) in [5.74, 6) is 0. The van der Waals surface area contributed by atoms with Crippen molar-refractivity contribution in [1.29, 1.82) is 0 Å². The fraction of sp³-hybridized carbons (Fsp3) is 0.200. The Morgan fingerprint density at radius 2 is 1.89 bits per heavy atom. The molecule has 0 radical (unpaired) electrons. The summed E-state index contributed by atoms with van der Waals surface area (Å²) in [7, 11) is 2.05. The molecule has 1 aromatic heterocycles. The normalized spacial score (nSPS) is 10.2. The van der Waals surface area contributed by atoms with Crippen LogP contribution in [0.4, 0.5) is 5.69 Å². The molecule has 4 heteroatoms. The van der Waals surface area contributed by atoms with Crippen LogP contribution in [0.15, 0.2) is 48.8 Å². The van der Waals surface area contributed by atoms with Crippen LogP contribution in [0.5, 0.6) is 0 Å². The van der Waals surface area contributed by atoms with E-state index in [4.69, 9.17) is 18.0 Å². The van der Waals surface area contributed by atoms with E-state index in [0.29, 0.717) is 4.99 Å². The lowest BCUT2D eigenvalue weighted by Gasteiger charge is -2.22. The van der Waals surface area contributed by atoms with Crippen LogP contribution >= 0.6 is 12.2 Å². The quantitative estimate of drug-likeness (QED) is 0.848. The summed E-state index contributed by atoms with van der Waals surface area (Å²) < 4.78 is 0. The lowest BCUT2D eigenvalue weighted by molar-refractivity contribution is 0.874. The van der Waals surface area contributed by atoms with E-state index in [-0.39, 0.29) is 0 Å². The molecule has 0 bridgehead atoms. The molecule has 0 saturated heterocycles. The van der Waals surface area contributed by atoms with Gasteiger partial charge in [0.05, 0.1) is 0 Å². The first-order valence-electron chi connectivity index (χ1n) is 6.17. The SMILES string of the molecule is CN(CCc1ccncc1)c1ccccc1C(N)=S. The second kappa shape index (κ2) is 6.29. The first-order chi connectivity index (χ1) is 9.18. The Kier molecular flexibility index (Phi) is 4.47. The minimum absolute atomic E-state index is 0.436. The summed E-state index contributed by atoms with van der Waals surface area (Å²) in [6.45, 7) is 0.906. The molecule has 0 spiro atoms. The molecule has 0 aliphatic heterocycles. The zero-order valence-electron chi connectivity index (χ0n) is 10.9. The van der Waals surface area contributed by atoms with Gasteiger partial charge in [0, 0.05) is 37.2 Å². The van der Waals surface area contributed by atoms with Crippen molar-refractivity contribution in [2.75, 3.05) is 18.5 Å². The number of hydrogen-bond acceptors (Lipinski definition) is 3. The third kappa shape index (κ3) is 3.51. The highest BCUT2D eigenvalue weighted by molar-refractivity contribution is 7.80. The summed E-state index contributed by atoms with van der Waals surface area (Å²) in [4.78, 5) is 6.63. The van der Waals surface area contributed by atoms with Crippen molar-refractivity contribution in [3.05, 3.63) is 59.9 Å². The number of thiocarbonyl (C=S) groups is 1. The van der Waals surface area contributed by atoms with Gasteiger partial charge in [-0.15, -0.1) is 0 Å². The van der Waals surface area contributed by atoms with Crippen molar-refractivity contribution < 1.29 is 0 Å². The molecule has 0 fully saturated rings. The molecule has 0 unspecified atom stereocenters. The maximum absolute atomic E-state index is 5.76. The molecular formula is C15H17N3S. The standard InChI is InChI=1S/C15H17N3S/c1-18(11-8-12-6-9-17-10-7-12)14-5-3-2-4-13(14)15(16)19/h2-7,9-10H,8,11H2,1H3,(H2,16,19). The average molecular weight is 271 g/mol. The van der Waals surface area contributed by atoms with Crippen LogP contribution in [0, 0.1) is 0 Å². The maximum Gasteiger partial charge on any atom is 0.106 e. The van der Waals surface area contributed by atoms with Crippen molar-refractivity contribution in [2.45, 2.75) is 6.42 Å². The van der Waals surface area contributed by atoms with E-state index in [1.165, 1.54) is 5.56 Å². The highest BCUT2D eigenvalue weighted by Gasteiger charge is 2.08. The van der Waals surface area contributed by atoms with Gasteiger partial charge in [0.15, 0.2) is 0 Å². The van der Waals surface area contributed by atoms with Crippen molar-refractivity contribution in [3.8, 4) is 0 Å². The minimum atomic E-state index is 0.436. The Morgan fingerprint density at radius 3 is 2.58 bits per heavy atom. The summed E-state index contributed by atoms with van der Waals surface area (Å²) in [6.07, 6.45) is 4.60. The molecule has 0 aliphatic rings. The monoisotopic (exact) mass is 271 g/mol. The second-order valence-electron chi connectivity index (χ2n) is 4.41. The fourth-order valence-corrected chi connectivity index (χ4v) is 2.15. The fourth-order valence-electron chi connectivity index (χ4n) is 1.98. The Labute approximate surface area is 119 Å². The average Bonchev–Trinajstić information content (AvgIpc) is 2.46. The lowest BCUT2D eigenvalue weighted by Crippen LogP contribution is -2.24. The number of para-hydroxylation sites is 1. The van der Waals surface area contributed by atoms with Gasteiger partial charge in [0.2, 0.25) is 0 Å². The largest absolute Gasteiger partial charge is 0.389 e. The van der Waals surface area contributed by atoms with Gasteiger partial charge in [-0.2, -0.15) is 0 Å². The van der Waals surface area contributed by atoms with Crippen molar-refractivity contribution in [3.63, 3.8) is 0 Å². The number of likely N-dealkylation sites (N-methyl/N-ethyl adjacent to an activating group) is 1. The molecule has 0 saturated carbocycles. The number of rotatable bonds is 5. The molecule has 2 rings (SSSR count). The molecule has 1 heterocycles. The molecule has 0 atom stereocenters. The molecule has 0 amide bonds. The lowest BCUT2D eigenvalue weighted by atomic mass is 10.1. The first-order valence-corrected chi connectivity index (χ1v) is 6.58. The van der Waals surface area contributed by atoms with E-state index in [2.05, 4.69) is 16.9 Å². The van der Waals surface area contributed by atoms with Crippen LogP contribution in [0.3, 0.4) is 0 Å². The Bertz CT molecular complexity index is 554. The predicted molar refractivity (Wildman–Crippen MR) is 83.5 cm³/mol. The molecule has 98 valence electrons. The molecule has 0 aliphatic carbocycles. The summed E-state index contributed by atoms with van der Waals surface area (Å²) in [6, 6.07) is 12.0. The topological polar surface area (TPSA) is 42.2 Å². The highest BCUT2D eigenvalue weighted by atomic mass is 32.1. The van der Waals surface area contributed by atoms with E-state index in [1.54, 1.807) is 0 Å². The molecular weight excluding hydrogens is 254 g/mol. The van der Waals surface area contributed by atoms with Gasteiger partial charge in [0.1, 0.15) is 4.99 Å². The van der Waals surface area contributed by atoms with Crippen molar-refractivity contribution >= 4 is 22.9 Å². The van der Waals surface area contributed by atoms with Gasteiger partial charge in [-0.25, -0.2) is 0 Å². The van der Waals surface area contributed by atoms with Gasteiger partial charge in [0.25, 0.3) is 0 Å². The van der Waals surface area contributed by atoms with E-state index < -0.39 is 0 Å². The molecule has 1 aromatic carbocycles. The number of anilines is 1. The number of nitrogens with zero attached hydrogens (tertiary/aromatic N) is 2. The number of nitrogens with two attached hydrogens (primary N) is 1.